The highest BCUT2D eigenvalue weighted by molar-refractivity contribution is 6.35. The van der Waals surface area contributed by atoms with Crippen LogP contribution in [0.15, 0.2) is 42.5 Å². The molecule has 1 N–H and O–H groups in total. The Bertz CT molecular complexity index is 1390. The van der Waals surface area contributed by atoms with Gasteiger partial charge in [0.1, 0.15) is 5.54 Å². The Kier molecular flexibility index (Phi) is 5.86. The van der Waals surface area contributed by atoms with E-state index >= 15 is 0 Å². The van der Waals surface area contributed by atoms with Gasteiger partial charge in [-0.1, -0.05) is 35.3 Å². The van der Waals surface area contributed by atoms with Crippen LogP contribution in [0.5, 0.6) is 0 Å². The van der Waals surface area contributed by atoms with Crippen LogP contribution in [0, 0.1) is 11.3 Å². The lowest BCUT2D eigenvalue weighted by molar-refractivity contribution is -0.130. The Balaban J connectivity index is 1.58. The van der Waals surface area contributed by atoms with Gasteiger partial charge in [0.15, 0.2) is 5.82 Å². The molecule has 36 heavy (non-hydrogen) atoms. The zero-order chi connectivity index (χ0) is 25.6. The summed E-state index contributed by atoms with van der Waals surface area (Å²) >= 11 is 12.3. The number of nitriles is 1. The third kappa shape index (κ3) is 3.75. The average Bonchev–Trinajstić information content (AvgIpc) is 3.55. The number of carbonyl (C=O) groups excluding carboxylic acids is 3. The zero-order valence-electron chi connectivity index (χ0n) is 18.9. The van der Waals surface area contributed by atoms with E-state index in [1.165, 1.54) is 35.0 Å². The lowest BCUT2D eigenvalue weighted by atomic mass is 9.80. The number of benzene rings is 2. The number of H-pyrrole nitrogens is 1. The second-order valence-electron chi connectivity index (χ2n) is 8.62. The maximum absolute atomic E-state index is 14.1. The predicted molar refractivity (Wildman–Crippen MR) is 128 cm³/mol. The number of tetrazole rings is 1. The number of hydrogen-bond acceptors (Lipinski definition) is 7. The van der Waals surface area contributed by atoms with Crippen LogP contribution >= 0.6 is 23.2 Å². The molecule has 0 saturated carbocycles. The standard InChI is InChI=1S/C23H18Cl2N8O3/c1-31-22(36)33(17-7-15(24)6-16(25)8-17)21(35)23(31)12-32(20(34)9-19-27-29-30-28-19)11-18(23)14-4-2-13(10-26)3-5-14/h2-8,18H,9,11-12H2,1H3,(H,27,28,29,30)/t18-,23+/m0/s1. The number of halogens is 2. The Morgan fingerprint density at radius 3 is 2.50 bits per heavy atom. The highest BCUT2D eigenvalue weighted by Gasteiger charge is 2.65. The number of urea groups is 1. The zero-order valence-corrected chi connectivity index (χ0v) is 20.4. The summed E-state index contributed by atoms with van der Waals surface area (Å²) < 4.78 is 0. The van der Waals surface area contributed by atoms with Crippen LogP contribution in [0.1, 0.15) is 22.9 Å². The Morgan fingerprint density at radius 2 is 1.89 bits per heavy atom. The SMILES string of the molecule is CN1C(=O)N(c2cc(Cl)cc(Cl)c2)C(=O)[C@]12CN(C(=O)Cc1nnn[nH]1)C[C@H]2c1ccc(C#N)cc1. The van der Waals surface area contributed by atoms with Crippen molar-refractivity contribution >= 4 is 46.7 Å². The van der Waals surface area contributed by atoms with E-state index in [1.807, 2.05) is 0 Å². The third-order valence-electron chi connectivity index (χ3n) is 6.67. The molecule has 2 aliphatic heterocycles. The Morgan fingerprint density at radius 1 is 1.19 bits per heavy atom. The van der Waals surface area contributed by atoms with Gasteiger partial charge in [0.25, 0.3) is 5.91 Å². The lowest BCUT2D eigenvalue weighted by Gasteiger charge is -2.33. The number of aromatic nitrogens is 4. The molecule has 3 heterocycles. The topological polar surface area (TPSA) is 139 Å². The van der Waals surface area contributed by atoms with Gasteiger partial charge in [0.2, 0.25) is 5.91 Å². The molecule has 5 rings (SSSR count). The minimum atomic E-state index is -1.39. The number of rotatable bonds is 4. The molecule has 3 aromatic rings. The molecule has 4 amide bonds. The summed E-state index contributed by atoms with van der Waals surface area (Å²) in [6.45, 7) is 0.129. The molecule has 2 saturated heterocycles. The normalized spacial score (nSPS) is 21.5. The molecule has 0 unspecified atom stereocenters. The number of nitrogens with one attached hydrogen (secondary N) is 1. The number of amides is 4. The average molecular weight is 525 g/mol. The molecule has 0 aliphatic carbocycles. The first-order valence-corrected chi connectivity index (χ1v) is 11.6. The van der Waals surface area contributed by atoms with Crippen LogP contribution in [0.3, 0.4) is 0 Å². The summed E-state index contributed by atoms with van der Waals surface area (Å²) in [5, 5.41) is 23.0. The van der Waals surface area contributed by atoms with Crippen molar-refractivity contribution in [1.82, 2.24) is 30.4 Å². The smallest absolute Gasteiger partial charge is 0.332 e. The van der Waals surface area contributed by atoms with Crippen LogP contribution in [0.4, 0.5) is 10.5 Å². The highest BCUT2D eigenvalue weighted by atomic mass is 35.5. The molecule has 13 heteroatoms. The van der Waals surface area contributed by atoms with E-state index in [0.717, 1.165) is 4.90 Å². The van der Waals surface area contributed by atoms with Gasteiger partial charge in [0, 0.05) is 29.6 Å². The second-order valence-corrected chi connectivity index (χ2v) is 9.49. The van der Waals surface area contributed by atoms with Gasteiger partial charge in [-0.3, -0.25) is 9.59 Å². The maximum atomic E-state index is 14.1. The largest absolute Gasteiger partial charge is 0.339 e. The fourth-order valence-corrected chi connectivity index (χ4v) is 5.42. The van der Waals surface area contributed by atoms with Crippen molar-refractivity contribution in [3.63, 3.8) is 0 Å². The quantitative estimate of drug-likeness (QED) is 0.516. The third-order valence-corrected chi connectivity index (χ3v) is 7.11. The first-order valence-electron chi connectivity index (χ1n) is 10.8. The number of anilines is 1. The molecular formula is C23H18Cl2N8O3. The maximum Gasteiger partial charge on any atom is 0.332 e. The first-order chi connectivity index (χ1) is 17.2. The fourth-order valence-electron chi connectivity index (χ4n) is 4.90. The van der Waals surface area contributed by atoms with Gasteiger partial charge in [-0.15, -0.1) is 5.10 Å². The van der Waals surface area contributed by atoms with Crippen molar-refractivity contribution < 1.29 is 14.4 Å². The van der Waals surface area contributed by atoms with E-state index in [-0.39, 0.29) is 47.0 Å². The number of aromatic amines is 1. The van der Waals surface area contributed by atoms with Gasteiger partial charge >= 0.3 is 6.03 Å². The van der Waals surface area contributed by atoms with Crippen LogP contribution in [-0.2, 0) is 16.0 Å². The van der Waals surface area contributed by atoms with Gasteiger partial charge in [-0.2, -0.15) is 5.26 Å². The molecule has 2 aromatic carbocycles. The van der Waals surface area contributed by atoms with Crippen molar-refractivity contribution in [1.29, 1.82) is 5.26 Å². The molecule has 2 atom stereocenters. The minimum Gasteiger partial charge on any atom is -0.339 e. The van der Waals surface area contributed by atoms with Gasteiger partial charge < -0.3 is 9.80 Å². The minimum absolute atomic E-state index is 0.0378. The number of likely N-dealkylation sites (N-methyl/N-ethyl adjacent to an activating group) is 1. The molecule has 1 spiro atoms. The van der Waals surface area contributed by atoms with E-state index in [9.17, 15) is 19.6 Å². The number of likely N-dealkylation sites (tertiary alicyclic amines) is 1. The van der Waals surface area contributed by atoms with E-state index in [0.29, 0.717) is 11.1 Å². The van der Waals surface area contributed by atoms with E-state index in [2.05, 4.69) is 26.7 Å². The second kappa shape index (κ2) is 8.89. The van der Waals surface area contributed by atoms with E-state index < -0.39 is 23.4 Å². The van der Waals surface area contributed by atoms with Crippen molar-refractivity contribution in [3.8, 4) is 6.07 Å². The van der Waals surface area contributed by atoms with Crippen molar-refractivity contribution in [2.75, 3.05) is 25.0 Å². The number of imide groups is 1. The molecule has 2 fully saturated rings. The number of nitrogens with zero attached hydrogens (tertiary/aromatic N) is 7. The Labute approximate surface area is 215 Å². The molecule has 2 aliphatic rings. The molecule has 11 nitrogen and oxygen atoms in total. The van der Waals surface area contributed by atoms with Crippen molar-refractivity contribution in [2.24, 2.45) is 0 Å². The van der Waals surface area contributed by atoms with E-state index in [4.69, 9.17) is 23.2 Å². The van der Waals surface area contributed by atoms with Gasteiger partial charge in [-0.25, -0.2) is 14.8 Å². The van der Waals surface area contributed by atoms with Crippen LogP contribution in [0.2, 0.25) is 10.0 Å². The number of carbonyl (C=O) groups is 3. The van der Waals surface area contributed by atoms with Crippen LogP contribution in [0.25, 0.3) is 0 Å². The molecule has 0 radical (unpaired) electrons. The van der Waals surface area contributed by atoms with Crippen molar-refractivity contribution in [3.05, 3.63) is 69.5 Å². The summed E-state index contributed by atoms with van der Waals surface area (Å²) in [6.07, 6.45) is -0.0946. The fraction of sp³-hybridized carbons (Fsp3) is 0.261. The monoisotopic (exact) mass is 524 g/mol. The number of hydrogen-bond donors (Lipinski definition) is 1. The summed E-state index contributed by atoms with van der Waals surface area (Å²) in [4.78, 5) is 44.7. The van der Waals surface area contributed by atoms with Crippen LogP contribution in [-0.4, -0.2) is 73.9 Å². The highest BCUT2D eigenvalue weighted by Crippen LogP contribution is 2.46. The van der Waals surface area contributed by atoms with E-state index in [1.54, 1.807) is 24.3 Å². The molecule has 182 valence electrons. The first kappa shape index (κ1) is 23.7. The van der Waals surface area contributed by atoms with Gasteiger partial charge in [-0.05, 0) is 46.3 Å². The summed E-state index contributed by atoms with van der Waals surface area (Å²) in [5.74, 6) is -1.09. The summed E-state index contributed by atoms with van der Waals surface area (Å²) in [6, 6.07) is 12.8. The lowest BCUT2D eigenvalue weighted by Crippen LogP contribution is -2.54. The van der Waals surface area contributed by atoms with Gasteiger partial charge in [0.05, 0.1) is 30.3 Å². The summed E-state index contributed by atoms with van der Waals surface area (Å²) in [7, 11) is 1.54. The summed E-state index contributed by atoms with van der Waals surface area (Å²) in [5.41, 5.74) is 0.0101. The molecule has 1 aromatic heterocycles. The Hall–Kier alpha value is -4.01. The molecular weight excluding hydrogens is 507 g/mol. The predicted octanol–water partition coefficient (Wildman–Crippen LogP) is 2.38. The van der Waals surface area contributed by atoms with Crippen LogP contribution < -0.4 is 4.90 Å². The molecule has 0 bridgehead atoms. The van der Waals surface area contributed by atoms with Crippen molar-refractivity contribution in [2.45, 2.75) is 17.9 Å².